The Morgan fingerprint density at radius 3 is 2.94 bits per heavy atom. The Labute approximate surface area is 99.3 Å². The molecule has 0 unspecified atom stereocenters. The summed E-state index contributed by atoms with van der Waals surface area (Å²) in [6.07, 6.45) is 4.30. The molecule has 88 valence electrons. The van der Waals surface area contributed by atoms with Gasteiger partial charge in [-0.3, -0.25) is 4.57 Å². The van der Waals surface area contributed by atoms with Gasteiger partial charge >= 0.3 is 0 Å². The van der Waals surface area contributed by atoms with Crippen LogP contribution in [0.5, 0.6) is 0 Å². The Morgan fingerprint density at radius 2 is 2.24 bits per heavy atom. The van der Waals surface area contributed by atoms with Gasteiger partial charge in [-0.2, -0.15) is 0 Å². The topological polar surface area (TPSA) is 29.9 Å². The lowest BCUT2D eigenvalue weighted by Crippen LogP contribution is -2.07. The molecule has 0 saturated heterocycles. The molecule has 0 bridgehead atoms. The maximum absolute atomic E-state index is 13.2. The van der Waals surface area contributed by atoms with E-state index in [1.165, 1.54) is 25.0 Å². The van der Waals surface area contributed by atoms with Crippen LogP contribution in [-0.4, -0.2) is 15.6 Å². The molecule has 3 nitrogen and oxygen atoms in total. The molecule has 1 fully saturated rings. The van der Waals surface area contributed by atoms with Gasteiger partial charge in [-0.05, 0) is 38.0 Å². The predicted octanol–water partition coefficient (Wildman–Crippen LogP) is 2.89. The van der Waals surface area contributed by atoms with E-state index in [2.05, 4.69) is 10.3 Å². The van der Waals surface area contributed by atoms with E-state index in [1.807, 2.05) is 23.8 Å². The molecule has 2 aromatic rings. The van der Waals surface area contributed by atoms with E-state index in [1.54, 1.807) is 6.07 Å². The summed E-state index contributed by atoms with van der Waals surface area (Å²) in [7, 11) is 0. The third-order valence-corrected chi connectivity index (χ3v) is 2.82. The number of imidazole rings is 1. The van der Waals surface area contributed by atoms with Crippen LogP contribution in [0.1, 0.15) is 18.5 Å². The fourth-order valence-corrected chi connectivity index (χ4v) is 1.83. The number of aromatic nitrogens is 2. The second kappa shape index (κ2) is 3.87. The lowest BCUT2D eigenvalue weighted by atomic mass is 10.3. The van der Waals surface area contributed by atoms with Crippen molar-refractivity contribution in [3.63, 3.8) is 0 Å². The highest BCUT2D eigenvalue weighted by Gasteiger charge is 2.23. The molecular weight excluding hydrogens is 217 g/mol. The Kier molecular flexibility index (Phi) is 2.35. The number of rotatable bonds is 3. The van der Waals surface area contributed by atoms with E-state index < -0.39 is 0 Å². The predicted molar refractivity (Wildman–Crippen MR) is 64.9 cm³/mol. The van der Waals surface area contributed by atoms with E-state index in [0.717, 1.165) is 17.3 Å². The maximum atomic E-state index is 13.2. The monoisotopic (exact) mass is 231 g/mol. The molecule has 3 rings (SSSR count). The van der Waals surface area contributed by atoms with Crippen LogP contribution < -0.4 is 5.32 Å². The molecule has 17 heavy (non-hydrogen) atoms. The molecule has 0 atom stereocenters. The van der Waals surface area contributed by atoms with Crippen LogP contribution in [0.15, 0.2) is 30.5 Å². The Hall–Kier alpha value is -1.84. The van der Waals surface area contributed by atoms with Crippen LogP contribution in [0, 0.1) is 12.7 Å². The molecule has 0 radical (unpaired) electrons. The largest absolute Gasteiger partial charge is 0.353 e. The van der Waals surface area contributed by atoms with Crippen molar-refractivity contribution in [3.05, 3.63) is 42.0 Å². The standard InChI is InChI=1S/C13H14FN3/c1-9-8-17(12-4-2-3-10(14)7-12)13(15-9)16-11-5-6-11/h2-4,7-8,11H,5-6H2,1H3,(H,15,16). The van der Waals surface area contributed by atoms with E-state index in [4.69, 9.17) is 0 Å². The van der Waals surface area contributed by atoms with Gasteiger partial charge in [-0.15, -0.1) is 0 Å². The summed E-state index contributed by atoms with van der Waals surface area (Å²) < 4.78 is 15.1. The number of aryl methyl sites for hydroxylation is 1. The molecule has 0 aliphatic heterocycles. The molecule has 4 heteroatoms. The second-order valence-electron chi connectivity index (χ2n) is 4.47. The van der Waals surface area contributed by atoms with Gasteiger partial charge in [0, 0.05) is 12.2 Å². The molecule has 1 aromatic heterocycles. The first-order valence-corrected chi connectivity index (χ1v) is 5.81. The molecule has 1 aromatic carbocycles. The second-order valence-corrected chi connectivity index (χ2v) is 4.47. The molecule has 0 amide bonds. The highest BCUT2D eigenvalue weighted by Crippen LogP contribution is 2.26. The molecule has 1 N–H and O–H groups in total. The highest BCUT2D eigenvalue weighted by molar-refractivity contribution is 5.44. The molecule has 1 saturated carbocycles. The van der Waals surface area contributed by atoms with Gasteiger partial charge in [-0.1, -0.05) is 6.07 Å². The first kappa shape index (κ1) is 10.3. The van der Waals surface area contributed by atoms with Gasteiger partial charge in [0.25, 0.3) is 0 Å². The van der Waals surface area contributed by atoms with Gasteiger partial charge in [0.05, 0.1) is 11.4 Å². The summed E-state index contributed by atoms with van der Waals surface area (Å²) >= 11 is 0. The van der Waals surface area contributed by atoms with Crippen LogP contribution in [0.4, 0.5) is 10.3 Å². The minimum absolute atomic E-state index is 0.230. The molecule has 1 heterocycles. The lowest BCUT2D eigenvalue weighted by molar-refractivity contribution is 0.626. The van der Waals surface area contributed by atoms with Crippen LogP contribution in [0.2, 0.25) is 0 Å². The summed E-state index contributed by atoms with van der Waals surface area (Å²) in [4.78, 5) is 4.43. The molecular formula is C13H14FN3. The maximum Gasteiger partial charge on any atom is 0.207 e. The smallest absolute Gasteiger partial charge is 0.207 e. The van der Waals surface area contributed by atoms with E-state index in [0.29, 0.717) is 6.04 Å². The fourth-order valence-electron chi connectivity index (χ4n) is 1.83. The van der Waals surface area contributed by atoms with Crippen molar-refractivity contribution in [2.45, 2.75) is 25.8 Å². The summed E-state index contributed by atoms with van der Waals surface area (Å²) in [5.41, 5.74) is 1.73. The Balaban J connectivity index is 2.00. The SMILES string of the molecule is Cc1cn(-c2cccc(F)c2)c(NC2CC2)n1. The quantitative estimate of drug-likeness (QED) is 0.880. The van der Waals surface area contributed by atoms with Crippen LogP contribution >= 0.6 is 0 Å². The van der Waals surface area contributed by atoms with Gasteiger partial charge in [0.2, 0.25) is 5.95 Å². The number of hydrogen-bond donors (Lipinski definition) is 1. The summed E-state index contributed by atoms with van der Waals surface area (Å²) in [5.74, 6) is 0.571. The lowest BCUT2D eigenvalue weighted by Gasteiger charge is -2.08. The van der Waals surface area contributed by atoms with E-state index in [9.17, 15) is 4.39 Å². The molecule has 0 spiro atoms. The molecule has 1 aliphatic carbocycles. The third-order valence-electron chi connectivity index (χ3n) is 2.82. The number of anilines is 1. The molecule has 1 aliphatic rings. The number of benzene rings is 1. The van der Waals surface area contributed by atoms with E-state index >= 15 is 0 Å². The fraction of sp³-hybridized carbons (Fsp3) is 0.308. The average molecular weight is 231 g/mol. The Morgan fingerprint density at radius 1 is 1.41 bits per heavy atom. The van der Waals surface area contributed by atoms with Crippen LogP contribution in [0.3, 0.4) is 0 Å². The highest BCUT2D eigenvalue weighted by atomic mass is 19.1. The summed E-state index contributed by atoms with van der Waals surface area (Å²) in [6, 6.07) is 7.08. The van der Waals surface area contributed by atoms with Crippen molar-refractivity contribution in [1.29, 1.82) is 0 Å². The van der Waals surface area contributed by atoms with Crippen LogP contribution in [-0.2, 0) is 0 Å². The first-order chi connectivity index (χ1) is 8.22. The van der Waals surface area contributed by atoms with Crippen molar-refractivity contribution in [3.8, 4) is 5.69 Å². The summed E-state index contributed by atoms with van der Waals surface area (Å²) in [6.45, 7) is 1.94. The van der Waals surface area contributed by atoms with Crippen molar-refractivity contribution in [1.82, 2.24) is 9.55 Å². The average Bonchev–Trinajstić information content (AvgIpc) is 3.01. The number of hydrogen-bond acceptors (Lipinski definition) is 2. The normalized spacial score (nSPS) is 14.9. The number of halogens is 1. The van der Waals surface area contributed by atoms with Crippen molar-refractivity contribution < 1.29 is 4.39 Å². The zero-order valence-electron chi connectivity index (χ0n) is 9.65. The first-order valence-electron chi connectivity index (χ1n) is 5.81. The van der Waals surface area contributed by atoms with E-state index in [-0.39, 0.29) is 5.82 Å². The van der Waals surface area contributed by atoms with Gasteiger partial charge in [0.15, 0.2) is 0 Å². The van der Waals surface area contributed by atoms with Gasteiger partial charge < -0.3 is 5.32 Å². The summed E-state index contributed by atoms with van der Waals surface area (Å²) in [5, 5.41) is 3.35. The van der Waals surface area contributed by atoms with Gasteiger partial charge in [-0.25, -0.2) is 9.37 Å². The third kappa shape index (κ3) is 2.16. The zero-order valence-corrected chi connectivity index (χ0v) is 9.65. The minimum Gasteiger partial charge on any atom is -0.353 e. The zero-order chi connectivity index (χ0) is 11.8. The van der Waals surface area contributed by atoms with Crippen molar-refractivity contribution in [2.24, 2.45) is 0 Å². The van der Waals surface area contributed by atoms with Crippen molar-refractivity contribution >= 4 is 5.95 Å². The van der Waals surface area contributed by atoms with Gasteiger partial charge in [0.1, 0.15) is 5.82 Å². The van der Waals surface area contributed by atoms with Crippen molar-refractivity contribution in [2.75, 3.05) is 5.32 Å². The minimum atomic E-state index is -0.230. The Bertz CT molecular complexity index is 543. The number of nitrogens with one attached hydrogen (secondary N) is 1. The van der Waals surface area contributed by atoms with Crippen LogP contribution in [0.25, 0.3) is 5.69 Å². The number of nitrogens with zero attached hydrogens (tertiary/aromatic N) is 2.